The van der Waals surface area contributed by atoms with Crippen LogP contribution in [0.4, 0.5) is 4.39 Å². The van der Waals surface area contributed by atoms with E-state index in [-0.39, 0.29) is 5.82 Å². The molecule has 0 unspecified atom stereocenters. The van der Waals surface area contributed by atoms with Crippen LogP contribution in [-0.2, 0) is 12.3 Å². The summed E-state index contributed by atoms with van der Waals surface area (Å²) < 4.78 is 13.2. The first kappa shape index (κ1) is 14.1. The van der Waals surface area contributed by atoms with Crippen LogP contribution in [0.3, 0.4) is 0 Å². The Bertz CT molecular complexity index is 581. The molecule has 1 nitrogen and oxygen atoms in total. The summed E-state index contributed by atoms with van der Waals surface area (Å²) in [6.45, 7) is 4.57. The van der Waals surface area contributed by atoms with Crippen LogP contribution in [0.5, 0.6) is 0 Å². The normalized spacial score (nSPS) is 10.7. The second-order valence-corrected chi connectivity index (χ2v) is 5.69. The molecule has 0 aromatic heterocycles. The maximum atomic E-state index is 13.2. The van der Waals surface area contributed by atoms with Crippen LogP contribution in [-0.4, -0.2) is 0 Å². The zero-order valence-corrected chi connectivity index (χ0v) is 12.1. The molecule has 0 radical (unpaired) electrons. The molecule has 0 aliphatic heterocycles. The lowest BCUT2D eigenvalue weighted by atomic mass is 10.1. The molecule has 0 fully saturated rings. The molecule has 3 heteroatoms. The lowest BCUT2D eigenvalue weighted by Gasteiger charge is -2.10. The minimum absolute atomic E-state index is 0.221. The van der Waals surface area contributed by atoms with E-state index in [1.165, 1.54) is 28.2 Å². The zero-order valence-electron chi connectivity index (χ0n) is 11.2. The minimum atomic E-state index is -0.221. The molecule has 0 aliphatic carbocycles. The lowest BCUT2D eigenvalue weighted by molar-refractivity contribution is 0.624. The fraction of sp³-hybridized carbons (Fsp3) is 0.250. The van der Waals surface area contributed by atoms with Crippen molar-refractivity contribution in [3.63, 3.8) is 0 Å². The van der Waals surface area contributed by atoms with Gasteiger partial charge in [0.15, 0.2) is 0 Å². The van der Waals surface area contributed by atoms with Crippen molar-refractivity contribution < 1.29 is 4.39 Å². The van der Waals surface area contributed by atoms with Gasteiger partial charge in [0.25, 0.3) is 0 Å². The highest BCUT2D eigenvalue weighted by atomic mass is 32.2. The smallest absolute Gasteiger partial charge is 0.123 e. The van der Waals surface area contributed by atoms with E-state index in [4.69, 9.17) is 5.73 Å². The summed E-state index contributed by atoms with van der Waals surface area (Å²) in [7, 11) is 0. The van der Waals surface area contributed by atoms with Gasteiger partial charge >= 0.3 is 0 Å². The molecular formula is C16H18FNS. The number of hydrogen-bond acceptors (Lipinski definition) is 2. The monoisotopic (exact) mass is 275 g/mol. The zero-order chi connectivity index (χ0) is 13.8. The van der Waals surface area contributed by atoms with Gasteiger partial charge in [-0.05, 0) is 48.7 Å². The van der Waals surface area contributed by atoms with Crippen LogP contribution in [0.25, 0.3) is 0 Å². The molecule has 0 atom stereocenters. The molecule has 0 heterocycles. The second-order valence-electron chi connectivity index (χ2n) is 4.67. The van der Waals surface area contributed by atoms with Gasteiger partial charge in [-0.3, -0.25) is 0 Å². The van der Waals surface area contributed by atoms with Gasteiger partial charge in [0, 0.05) is 17.2 Å². The quantitative estimate of drug-likeness (QED) is 0.847. The van der Waals surface area contributed by atoms with E-state index in [0.717, 1.165) is 16.9 Å². The van der Waals surface area contributed by atoms with Crippen LogP contribution in [0, 0.1) is 19.7 Å². The van der Waals surface area contributed by atoms with Crippen LogP contribution < -0.4 is 5.73 Å². The molecule has 0 aliphatic rings. The van der Waals surface area contributed by atoms with Gasteiger partial charge in [0.2, 0.25) is 0 Å². The Labute approximate surface area is 118 Å². The molecule has 0 saturated carbocycles. The standard InChI is InChI=1S/C16H18FNS/c1-11-3-4-12(2)16(7-11)19-10-13-5-6-15(17)8-14(13)9-18/h3-8H,9-10,18H2,1-2H3. The van der Waals surface area contributed by atoms with Crippen molar-refractivity contribution >= 4 is 11.8 Å². The van der Waals surface area contributed by atoms with Crippen LogP contribution in [0.2, 0.25) is 0 Å². The van der Waals surface area contributed by atoms with E-state index in [9.17, 15) is 4.39 Å². The average Bonchev–Trinajstić information content (AvgIpc) is 2.40. The summed E-state index contributed by atoms with van der Waals surface area (Å²) in [5.41, 5.74) is 10.2. The first-order chi connectivity index (χ1) is 9.10. The van der Waals surface area contributed by atoms with Crippen molar-refractivity contribution in [1.29, 1.82) is 0 Å². The number of benzene rings is 2. The Kier molecular flexibility index (Phi) is 4.61. The summed E-state index contributed by atoms with van der Waals surface area (Å²) >= 11 is 1.77. The fourth-order valence-corrected chi connectivity index (χ4v) is 3.10. The highest BCUT2D eigenvalue weighted by Crippen LogP contribution is 2.28. The molecule has 0 bridgehead atoms. The van der Waals surface area contributed by atoms with E-state index < -0.39 is 0 Å². The van der Waals surface area contributed by atoms with Gasteiger partial charge in [-0.25, -0.2) is 4.39 Å². The SMILES string of the molecule is Cc1ccc(C)c(SCc2ccc(F)cc2CN)c1. The van der Waals surface area contributed by atoms with Gasteiger partial charge in [-0.15, -0.1) is 11.8 Å². The Morgan fingerprint density at radius 3 is 2.58 bits per heavy atom. The maximum absolute atomic E-state index is 13.2. The van der Waals surface area contributed by atoms with Crippen molar-refractivity contribution in [2.24, 2.45) is 5.73 Å². The van der Waals surface area contributed by atoms with E-state index in [1.807, 2.05) is 6.07 Å². The van der Waals surface area contributed by atoms with Crippen molar-refractivity contribution in [3.8, 4) is 0 Å². The van der Waals surface area contributed by atoms with E-state index in [0.29, 0.717) is 6.54 Å². The summed E-state index contributed by atoms with van der Waals surface area (Å²) in [4.78, 5) is 1.27. The summed E-state index contributed by atoms with van der Waals surface area (Å²) in [5, 5.41) is 0. The third-order valence-electron chi connectivity index (χ3n) is 3.12. The Hall–Kier alpha value is -1.32. The Balaban J connectivity index is 2.16. The summed E-state index contributed by atoms with van der Waals surface area (Å²) in [6, 6.07) is 11.3. The molecule has 2 aromatic rings. The molecule has 2 aromatic carbocycles. The molecule has 0 amide bonds. The average molecular weight is 275 g/mol. The summed E-state index contributed by atoms with van der Waals surface area (Å²) in [5.74, 6) is 0.595. The molecule has 100 valence electrons. The highest BCUT2D eigenvalue weighted by Gasteiger charge is 2.05. The van der Waals surface area contributed by atoms with Gasteiger partial charge < -0.3 is 5.73 Å². The van der Waals surface area contributed by atoms with Crippen molar-refractivity contribution in [2.75, 3.05) is 0 Å². The first-order valence-corrected chi connectivity index (χ1v) is 7.26. The number of rotatable bonds is 4. The third kappa shape index (κ3) is 3.58. The fourth-order valence-electron chi connectivity index (χ4n) is 1.94. The largest absolute Gasteiger partial charge is 0.326 e. The predicted molar refractivity (Wildman–Crippen MR) is 79.8 cm³/mol. The van der Waals surface area contributed by atoms with Crippen LogP contribution in [0.15, 0.2) is 41.3 Å². The molecule has 19 heavy (non-hydrogen) atoms. The van der Waals surface area contributed by atoms with Crippen LogP contribution >= 0.6 is 11.8 Å². The second kappa shape index (κ2) is 6.22. The number of halogens is 1. The molecule has 2 N–H and O–H groups in total. The molecular weight excluding hydrogens is 257 g/mol. The lowest BCUT2D eigenvalue weighted by Crippen LogP contribution is -2.01. The van der Waals surface area contributed by atoms with Crippen LogP contribution in [0.1, 0.15) is 22.3 Å². The third-order valence-corrected chi connectivity index (χ3v) is 4.32. The number of aryl methyl sites for hydroxylation is 2. The maximum Gasteiger partial charge on any atom is 0.123 e. The molecule has 0 spiro atoms. The summed E-state index contributed by atoms with van der Waals surface area (Å²) in [6.07, 6.45) is 0. The Morgan fingerprint density at radius 1 is 1.05 bits per heavy atom. The minimum Gasteiger partial charge on any atom is -0.326 e. The van der Waals surface area contributed by atoms with E-state index >= 15 is 0 Å². The van der Waals surface area contributed by atoms with Gasteiger partial charge in [0.1, 0.15) is 5.82 Å². The van der Waals surface area contributed by atoms with Gasteiger partial charge in [0.05, 0.1) is 0 Å². The number of nitrogens with two attached hydrogens (primary N) is 1. The van der Waals surface area contributed by atoms with Crippen molar-refractivity contribution in [1.82, 2.24) is 0 Å². The van der Waals surface area contributed by atoms with E-state index in [2.05, 4.69) is 32.0 Å². The first-order valence-electron chi connectivity index (χ1n) is 6.27. The number of hydrogen-bond donors (Lipinski definition) is 1. The Morgan fingerprint density at radius 2 is 1.84 bits per heavy atom. The van der Waals surface area contributed by atoms with Crippen molar-refractivity contribution in [2.45, 2.75) is 31.0 Å². The topological polar surface area (TPSA) is 26.0 Å². The highest BCUT2D eigenvalue weighted by molar-refractivity contribution is 7.98. The van der Waals surface area contributed by atoms with Gasteiger partial charge in [-0.2, -0.15) is 0 Å². The molecule has 2 rings (SSSR count). The predicted octanol–water partition coefficient (Wildman–Crippen LogP) is 4.19. The van der Waals surface area contributed by atoms with E-state index in [1.54, 1.807) is 11.8 Å². The van der Waals surface area contributed by atoms with Crippen molar-refractivity contribution in [3.05, 3.63) is 64.5 Å². The number of thioether (sulfide) groups is 1. The molecule has 0 saturated heterocycles. The van der Waals surface area contributed by atoms with Gasteiger partial charge in [-0.1, -0.05) is 23.8 Å².